The molecule has 0 aromatic heterocycles. The maximum atomic E-state index is 12.1. The second kappa shape index (κ2) is 7.22. The van der Waals surface area contributed by atoms with Gasteiger partial charge in [-0.3, -0.25) is 0 Å². The number of benzene rings is 1. The van der Waals surface area contributed by atoms with Crippen LogP contribution in [0.3, 0.4) is 0 Å². The van der Waals surface area contributed by atoms with Crippen molar-refractivity contribution in [2.45, 2.75) is 11.8 Å². The molecule has 1 N–H and O–H groups in total. The number of rotatable bonds is 7. The molecule has 0 amide bonds. The van der Waals surface area contributed by atoms with Crippen LogP contribution in [0.4, 0.5) is 0 Å². The Balaban J connectivity index is 2.92. The average molecular weight is 287 g/mol. The van der Waals surface area contributed by atoms with E-state index in [2.05, 4.69) is 9.46 Å². The summed E-state index contributed by atoms with van der Waals surface area (Å²) in [5.41, 5.74) is 0.00825. The van der Waals surface area contributed by atoms with Gasteiger partial charge < -0.3 is 9.47 Å². The first kappa shape index (κ1) is 15.6. The summed E-state index contributed by atoms with van der Waals surface area (Å²) in [6.45, 7) is 2.75. The predicted octanol–water partition coefficient (Wildman–Crippen LogP) is 0.788. The lowest BCUT2D eigenvalue weighted by atomic mass is 10.2. The van der Waals surface area contributed by atoms with Crippen LogP contribution in [0.2, 0.25) is 0 Å². The third-order valence-electron chi connectivity index (χ3n) is 2.32. The number of carbonyl (C=O) groups is 1. The number of carbonyl (C=O) groups excluding carboxylic acids is 1. The Morgan fingerprint density at radius 3 is 2.63 bits per heavy atom. The molecular formula is C12H17NO5S. The molecule has 1 aromatic rings. The van der Waals surface area contributed by atoms with Gasteiger partial charge in [-0.2, -0.15) is 0 Å². The van der Waals surface area contributed by atoms with E-state index in [1.165, 1.54) is 19.2 Å². The number of methoxy groups -OCH3 is 1. The van der Waals surface area contributed by atoms with Crippen LogP contribution in [0.1, 0.15) is 17.3 Å². The van der Waals surface area contributed by atoms with Gasteiger partial charge in [-0.1, -0.05) is 12.1 Å². The van der Waals surface area contributed by atoms with Crippen LogP contribution in [0, 0.1) is 0 Å². The van der Waals surface area contributed by atoms with Crippen molar-refractivity contribution >= 4 is 16.0 Å². The largest absolute Gasteiger partial charge is 0.465 e. The molecule has 6 nitrogen and oxygen atoms in total. The Kier molecular flexibility index (Phi) is 5.94. The lowest BCUT2D eigenvalue weighted by Crippen LogP contribution is -2.29. The average Bonchev–Trinajstić information content (AvgIpc) is 2.43. The van der Waals surface area contributed by atoms with Gasteiger partial charge in [0.25, 0.3) is 0 Å². The van der Waals surface area contributed by atoms with Gasteiger partial charge in [0, 0.05) is 13.2 Å². The fraction of sp³-hybridized carbons (Fsp3) is 0.417. The van der Waals surface area contributed by atoms with Crippen molar-refractivity contribution < 1.29 is 22.7 Å². The SMILES string of the molecule is CCOCCNS(=O)(=O)c1ccccc1C(=O)OC. The molecule has 7 heteroatoms. The van der Waals surface area contributed by atoms with E-state index in [1.54, 1.807) is 12.1 Å². The van der Waals surface area contributed by atoms with Crippen molar-refractivity contribution in [2.75, 3.05) is 26.9 Å². The van der Waals surface area contributed by atoms with Gasteiger partial charge in [0.1, 0.15) is 0 Å². The van der Waals surface area contributed by atoms with Crippen molar-refractivity contribution in [3.05, 3.63) is 29.8 Å². The maximum absolute atomic E-state index is 12.1. The van der Waals surface area contributed by atoms with Gasteiger partial charge in [0.2, 0.25) is 10.0 Å². The zero-order valence-electron chi connectivity index (χ0n) is 10.9. The molecule has 0 radical (unpaired) electrons. The van der Waals surface area contributed by atoms with Gasteiger partial charge in [-0.15, -0.1) is 0 Å². The summed E-state index contributed by atoms with van der Waals surface area (Å²) < 4.78 is 36.1. The quantitative estimate of drug-likeness (QED) is 0.592. The molecule has 0 aliphatic heterocycles. The summed E-state index contributed by atoms with van der Waals surface area (Å²) in [5.74, 6) is -0.689. The molecule has 0 saturated carbocycles. The fourth-order valence-corrected chi connectivity index (χ4v) is 2.66. The van der Waals surface area contributed by atoms with E-state index >= 15 is 0 Å². The van der Waals surface area contributed by atoms with Crippen LogP contribution in [0.5, 0.6) is 0 Å². The first-order chi connectivity index (χ1) is 9.03. The number of nitrogens with one attached hydrogen (secondary N) is 1. The lowest BCUT2D eigenvalue weighted by Gasteiger charge is -2.10. The van der Waals surface area contributed by atoms with E-state index in [0.29, 0.717) is 6.61 Å². The number of ether oxygens (including phenoxy) is 2. The van der Waals surface area contributed by atoms with Crippen LogP contribution in [0.25, 0.3) is 0 Å². The monoisotopic (exact) mass is 287 g/mol. The van der Waals surface area contributed by atoms with Gasteiger partial charge in [-0.25, -0.2) is 17.9 Å². The number of hydrogen-bond donors (Lipinski definition) is 1. The highest BCUT2D eigenvalue weighted by Crippen LogP contribution is 2.15. The van der Waals surface area contributed by atoms with E-state index in [1.807, 2.05) is 6.92 Å². The lowest BCUT2D eigenvalue weighted by molar-refractivity contribution is 0.0596. The molecule has 0 spiro atoms. The minimum Gasteiger partial charge on any atom is -0.465 e. The Morgan fingerprint density at radius 2 is 2.00 bits per heavy atom. The molecule has 1 rings (SSSR count). The molecule has 0 aliphatic rings. The highest BCUT2D eigenvalue weighted by Gasteiger charge is 2.21. The Hall–Kier alpha value is -1.44. The third kappa shape index (κ3) is 4.30. The van der Waals surface area contributed by atoms with Gasteiger partial charge >= 0.3 is 5.97 Å². The fourth-order valence-electron chi connectivity index (χ4n) is 1.45. The zero-order chi connectivity index (χ0) is 14.3. The van der Waals surface area contributed by atoms with Crippen molar-refractivity contribution in [3.8, 4) is 0 Å². The minimum absolute atomic E-state index is 0.00825. The van der Waals surface area contributed by atoms with Crippen LogP contribution in [0.15, 0.2) is 29.2 Å². The van der Waals surface area contributed by atoms with Crippen molar-refractivity contribution in [1.82, 2.24) is 4.72 Å². The Labute approximate surface area is 112 Å². The third-order valence-corrected chi connectivity index (χ3v) is 3.84. The second-order valence-electron chi connectivity index (χ2n) is 3.58. The van der Waals surface area contributed by atoms with Gasteiger partial charge in [0.05, 0.1) is 24.2 Å². The van der Waals surface area contributed by atoms with Crippen molar-refractivity contribution in [3.63, 3.8) is 0 Å². The van der Waals surface area contributed by atoms with Gasteiger partial charge in [0.15, 0.2) is 0 Å². The molecule has 0 heterocycles. The van der Waals surface area contributed by atoms with E-state index in [0.717, 1.165) is 0 Å². The maximum Gasteiger partial charge on any atom is 0.339 e. The molecule has 19 heavy (non-hydrogen) atoms. The normalized spacial score (nSPS) is 11.3. The van der Waals surface area contributed by atoms with Crippen LogP contribution < -0.4 is 4.72 Å². The smallest absolute Gasteiger partial charge is 0.339 e. The molecule has 1 aromatic carbocycles. The highest BCUT2D eigenvalue weighted by atomic mass is 32.2. The van der Waals surface area contributed by atoms with Crippen molar-refractivity contribution in [1.29, 1.82) is 0 Å². The predicted molar refractivity (Wildman–Crippen MR) is 69.5 cm³/mol. The zero-order valence-corrected chi connectivity index (χ0v) is 11.7. The van der Waals surface area contributed by atoms with E-state index < -0.39 is 16.0 Å². The molecular weight excluding hydrogens is 270 g/mol. The molecule has 0 atom stereocenters. The standard InChI is InChI=1S/C12H17NO5S/c1-3-18-9-8-13-19(15,16)11-7-5-4-6-10(11)12(14)17-2/h4-7,13H,3,8-9H2,1-2H3. The molecule has 0 unspecified atom stereocenters. The minimum atomic E-state index is -3.76. The number of sulfonamides is 1. The summed E-state index contributed by atoms with van der Waals surface area (Å²) in [5, 5.41) is 0. The Bertz CT molecular complexity index is 527. The summed E-state index contributed by atoms with van der Waals surface area (Å²) >= 11 is 0. The first-order valence-corrected chi connectivity index (χ1v) is 7.26. The molecule has 0 bridgehead atoms. The Morgan fingerprint density at radius 1 is 1.32 bits per heavy atom. The van der Waals surface area contributed by atoms with E-state index in [9.17, 15) is 13.2 Å². The summed E-state index contributed by atoms with van der Waals surface area (Å²) in [6.07, 6.45) is 0. The first-order valence-electron chi connectivity index (χ1n) is 5.77. The summed E-state index contributed by atoms with van der Waals surface area (Å²) in [6, 6.07) is 5.88. The summed E-state index contributed by atoms with van der Waals surface area (Å²) in [7, 11) is -2.55. The highest BCUT2D eigenvalue weighted by molar-refractivity contribution is 7.89. The van der Waals surface area contributed by atoms with Crippen molar-refractivity contribution in [2.24, 2.45) is 0 Å². The molecule has 0 aliphatic carbocycles. The van der Waals surface area contributed by atoms with Crippen LogP contribution in [-0.2, 0) is 19.5 Å². The topological polar surface area (TPSA) is 81.7 Å². The molecule has 0 saturated heterocycles. The number of hydrogen-bond acceptors (Lipinski definition) is 5. The summed E-state index contributed by atoms with van der Waals surface area (Å²) in [4.78, 5) is 11.4. The van der Waals surface area contributed by atoms with Crippen LogP contribution in [-0.4, -0.2) is 41.3 Å². The van der Waals surface area contributed by atoms with E-state index in [-0.39, 0.29) is 23.6 Å². The van der Waals surface area contributed by atoms with Crippen LogP contribution >= 0.6 is 0 Å². The van der Waals surface area contributed by atoms with Gasteiger partial charge in [-0.05, 0) is 19.1 Å². The molecule has 0 fully saturated rings. The molecule has 106 valence electrons. The van der Waals surface area contributed by atoms with E-state index in [4.69, 9.17) is 4.74 Å². The second-order valence-corrected chi connectivity index (χ2v) is 5.32. The number of esters is 1.